The quantitative estimate of drug-likeness (QED) is 0.508. The second kappa shape index (κ2) is 9.51. The number of methoxy groups -OCH3 is 1. The van der Waals surface area contributed by atoms with E-state index in [9.17, 15) is 18.0 Å². The molecule has 3 rings (SSSR count). The highest BCUT2D eigenvalue weighted by molar-refractivity contribution is 7.92. The molecule has 1 amide bonds. The Morgan fingerprint density at radius 2 is 1.97 bits per heavy atom. The van der Waals surface area contributed by atoms with Crippen molar-refractivity contribution in [3.05, 3.63) is 51.1 Å². The van der Waals surface area contributed by atoms with Crippen LogP contribution in [0.1, 0.15) is 20.3 Å². The largest absolute Gasteiger partial charge is 0.495 e. The third kappa shape index (κ3) is 4.77. The maximum absolute atomic E-state index is 13.1. The molecule has 0 aliphatic carbocycles. The van der Waals surface area contributed by atoms with Gasteiger partial charge in [0, 0.05) is 12.2 Å². The Bertz CT molecular complexity index is 1320. The van der Waals surface area contributed by atoms with Gasteiger partial charge in [-0.1, -0.05) is 29.9 Å². The molecule has 1 N–H and O–H groups in total. The average Bonchev–Trinajstić information content (AvgIpc) is 3.04. The minimum absolute atomic E-state index is 0.0722. The average molecular weight is 498 g/mol. The molecule has 0 spiro atoms. The van der Waals surface area contributed by atoms with E-state index in [1.165, 1.54) is 13.2 Å². The van der Waals surface area contributed by atoms with Crippen molar-refractivity contribution in [2.45, 2.75) is 32.9 Å². The molecule has 0 bridgehead atoms. The first kappa shape index (κ1) is 24.1. The fourth-order valence-corrected chi connectivity index (χ4v) is 5.97. The maximum atomic E-state index is 13.1. The van der Waals surface area contributed by atoms with Gasteiger partial charge in [-0.25, -0.2) is 8.42 Å². The molecule has 3 aromatic rings. The minimum atomic E-state index is -3.81. The fraction of sp³-hybridized carbons (Fsp3) is 0.333. The Kier molecular flexibility index (Phi) is 7.16. The Morgan fingerprint density at radius 3 is 2.53 bits per heavy atom. The number of nitrogens with zero attached hydrogens (tertiary/aromatic N) is 2. The van der Waals surface area contributed by atoms with E-state index in [1.807, 2.05) is 6.92 Å². The summed E-state index contributed by atoms with van der Waals surface area (Å²) in [6, 6.07) is 8.71. The molecule has 172 valence electrons. The number of fused-ring (bicyclic) bond motifs is 1. The first-order chi connectivity index (χ1) is 15.1. The van der Waals surface area contributed by atoms with Crippen LogP contribution in [-0.2, 0) is 21.4 Å². The monoisotopic (exact) mass is 497 g/mol. The maximum Gasteiger partial charge on any atom is 0.308 e. The predicted octanol–water partition coefficient (Wildman–Crippen LogP) is 3.93. The lowest BCUT2D eigenvalue weighted by atomic mass is 10.1. The van der Waals surface area contributed by atoms with Gasteiger partial charge in [0.25, 0.3) is 0 Å². The summed E-state index contributed by atoms with van der Waals surface area (Å²) in [4.78, 5) is 25.2. The number of anilines is 2. The number of halogens is 1. The van der Waals surface area contributed by atoms with Crippen LogP contribution in [0.2, 0.25) is 5.02 Å². The lowest BCUT2D eigenvalue weighted by Crippen LogP contribution is -2.47. The van der Waals surface area contributed by atoms with E-state index in [1.54, 1.807) is 41.8 Å². The molecular weight excluding hydrogens is 474 g/mol. The van der Waals surface area contributed by atoms with Gasteiger partial charge in [0.1, 0.15) is 11.8 Å². The number of carbonyl (C=O) groups excluding carboxylic acids is 1. The summed E-state index contributed by atoms with van der Waals surface area (Å²) in [6.07, 6.45) is 1.27. The van der Waals surface area contributed by atoms with Crippen molar-refractivity contribution in [2.24, 2.45) is 0 Å². The number of aromatic nitrogens is 1. The molecule has 11 heteroatoms. The number of hydrogen-bond donors (Lipinski definition) is 1. The van der Waals surface area contributed by atoms with Crippen molar-refractivity contribution in [1.29, 1.82) is 0 Å². The van der Waals surface area contributed by atoms with Crippen LogP contribution in [0, 0.1) is 0 Å². The van der Waals surface area contributed by atoms with Crippen molar-refractivity contribution in [3.63, 3.8) is 0 Å². The molecule has 1 heterocycles. The van der Waals surface area contributed by atoms with Gasteiger partial charge in [0.2, 0.25) is 15.9 Å². The molecule has 32 heavy (non-hydrogen) atoms. The SMILES string of the molecule is CCC(C(=O)Nc1ccc2c(c1)sc(=O)n2CC)N(c1ccc(OC)c(Cl)c1)S(C)(=O)=O. The molecule has 0 fully saturated rings. The van der Waals surface area contributed by atoms with E-state index in [4.69, 9.17) is 16.3 Å². The van der Waals surface area contributed by atoms with E-state index in [-0.39, 0.29) is 22.0 Å². The van der Waals surface area contributed by atoms with E-state index >= 15 is 0 Å². The Hall–Kier alpha value is -2.56. The number of carbonyl (C=O) groups is 1. The normalized spacial score (nSPS) is 12.5. The van der Waals surface area contributed by atoms with Crippen LogP contribution in [0.5, 0.6) is 5.75 Å². The van der Waals surface area contributed by atoms with E-state index in [0.717, 1.165) is 32.1 Å². The Balaban J connectivity index is 1.95. The zero-order valence-corrected chi connectivity index (χ0v) is 20.5. The van der Waals surface area contributed by atoms with Crippen LogP contribution in [0.15, 0.2) is 41.2 Å². The topological polar surface area (TPSA) is 97.7 Å². The number of nitrogens with one attached hydrogen (secondary N) is 1. The highest BCUT2D eigenvalue weighted by Gasteiger charge is 2.32. The van der Waals surface area contributed by atoms with E-state index in [0.29, 0.717) is 18.0 Å². The van der Waals surface area contributed by atoms with Gasteiger partial charge in [-0.3, -0.25) is 18.5 Å². The lowest BCUT2D eigenvalue weighted by molar-refractivity contribution is -0.117. The lowest BCUT2D eigenvalue weighted by Gasteiger charge is -2.30. The number of sulfonamides is 1. The van der Waals surface area contributed by atoms with Crippen molar-refractivity contribution in [1.82, 2.24) is 4.57 Å². The number of amides is 1. The Morgan fingerprint density at radius 1 is 1.25 bits per heavy atom. The zero-order chi connectivity index (χ0) is 23.6. The molecule has 1 aromatic heterocycles. The summed E-state index contributed by atoms with van der Waals surface area (Å²) in [6.45, 7) is 4.17. The zero-order valence-electron chi connectivity index (χ0n) is 18.1. The van der Waals surface area contributed by atoms with Crippen LogP contribution in [-0.4, -0.2) is 38.3 Å². The third-order valence-corrected chi connectivity index (χ3v) is 7.39. The number of ether oxygens (including phenoxy) is 1. The number of hydrogen-bond acceptors (Lipinski definition) is 6. The first-order valence-electron chi connectivity index (χ1n) is 9.87. The van der Waals surface area contributed by atoms with Gasteiger partial charge in [-0.2, -0.15) is 0 Å². The third-order valence-electron chi connectivity index (χ3n) is 4.97. The van der Waals surface area contributed by atoms with Gasteiger partial charge in [0.15, 0.2) is 0 Å². The molecule has 0 aliphatic heterocycles. The van der Waals surface area contributed by atoms with Crippen LogP contribution in [0.25, 0.3) is 10.2 Å². The van der Waals surface area contributed by atoms with Crippen molar-refractivity contribution >= 4 is 60.5 Å². The number of aryl methyl sites for hydroxylation is 1. The molecule has 8 nitrogen and oxygen atoms in total. The number of rotatable bonds is 8. The Labute approximate surface area is 195 Å². The van der Waals surface area contributed by atoms with Crippen LogP contribution >= 0.6 is 22.9 Å². The molecule has 0 aliphatic rings. The minimum Gasteiger partial charge on any atom is -0.495 e. The summed E-state index contributed by atoms with van der Waals surface area (Å²) >= 11 is 7.28. The second-order valence-electron chi connectivity index (χ2n) is 7.09. The number of thiazole rings is 1. The summed E-state index contributed by atoms with van der Waals surface area (Å²) < 4.78 is 33.9. The van der Waals surface area contributed by atoms with Crippen LogP contribution in [0.4, 0.5) is 11.4 Å². The molecule has 1 atom stereocenters. The predicted molar refractivity (Wildman–Crippen MR) is 130 cm³/mol. The van der Waals surface area contributed by atoms with Gasteiger partial charge >= 0.3 is 4.87 Å². The molecule has 0 saturated heterocycles. The highest BCUT2D eigenvalue weighted by atomic mass is 35.5. The highest BCUT2D eigenvalue weighted by Crippen LogP contribution is 2.32. The van der Waals surface area contributed by atoms with Crippen molar-refractivity contribution in [3.8, 4) is 5.75 Å². The summed E-state index contributed by atoms with van der Waals surface area (Å²) in [5, 5.41) is 3.02. The fourth-order valence-electron chi connectivity index (χ4n) is 3.52. The van der Waals surface area contributed by atoms with Gasteiger partial charge in [-0.15, -0.1) is 0 Å². The summed E-state index contributed by atoms with van der Waals surface area (Å²) in [7, 11) is -2.35. The van der Waals surface area contributed by atoms with Crippen LogP contribution in [0.3, 0.4) is 0 Å². The molecule has 0 saturated carbocycles. The second-order valence-corrected chi connectivity index (χ2v) is 10.3. The molecular formula is C21H24ClN3O5S2. The molecule has 0 radical (unpaired) electrons. The smallest absolute Gasteiger partial charge is 0.308 e. The van der Waals surface area contributed by atoms with E-state index in [2.05, 4.69) is 5.32 Å². The van der Waals surface area contributed by atoms with Gasteiger partial charge in [-0.05, 0) is 49.7 Å². The molecule has 2 aromatic carbocycles. The molecule has 1 unspecified atom stereocenters. The first-order valence-corrected chi connectivity index (χ1v) is 12.9. The van der Waals surface area contributed by atoms with E-state index < -0.39 is 22.0 Å². The van der Waals surface area contributed by atoms with Crippen LogP contribution < -0.4 is 19.2 Å². The standard InChI is InChI=1S/C21H24ClN3O5S2/c1-5-16(25(32(4,28)29)14-8-10-18(30-3)15(22)12-14)20(26)23-13-7-9-17-19(11-13)31-21(27)24(17)6-2/h7-12,16H,5-6H2,1-4H3,(H,23,26). The number of benzene rings is 2. The van der Waals surface area contributed by atoms with Gasteiger partial charge in [0.05, 0.1) is 34.3 Å². The van der Waals surface area contributed by atoms with Crippen molar-refractivity contribution < 1.29 is 17.9 Å². The van der Waals surface area contributed by atoms with Crippen molar-refractivity contribution in [2.75, 3.05) is 23.0 Å². The summed E-state index contributed by atoms with van der Waals surface area (Å²) in [5.41, 5.74) is 1.53. The van der Waals surface area contributed by atoms with Gasteiger partial charge < -0.3 is 10.1 Å². The summed E-state index contributed by atoms with van der Waals surface area (Å²) in [5.74, 6) is -0.0980.